The van der Waals surface area contributed by atoms with Crippen LogP contribution in [-0.4, -0.2) is 73.3 Å². The highest BCUT2D eigenvalue weighted by molar-refractivity contribution is 14.1. The van der Waals surface area contributed by atoms with Gasteiger partial charge in [0.25, 0.3) is 0 Å². The molecule has 1 aliphatic rings. The van der Waals surface area contributed by atoms with Gasteiger partial charge in [-0.1, -0.05) is 35.9 Å². The maximum Gasteiger partial charge on any atom is 0.0987 e. The summed E-state index contributed by atoms with van der Waals surface area (Å²) in [6, 6.07) is -0.697. The molecule has 0 aromatic carbocycles. The van der Waals surface area contributed by atoms with E-state index in [0.717, 1.165) is 19.4 Å². The number of hydrogen-bond donors (Lipinski definition) is 4. The summed E-state index contributed by atoms with van der Waals surface area (Å²) in [4.78, 5) is 1.93. The van der Waals surface area contributed by atoms with Crippen molar-refractivity contribution in [3.8, 4) is 0 Å². The van der Waals surface area contributed by atoms with Crippen molar-refractivity contribution >= 4 is 22.6 Å². The van der Waals surface area contributed by atoms with Crippen molar-refractivity contribution in [1.29, 1.82) is 0 Å². The summed E-state index contributed by atoms with van der Waals surface area (Å²) in [7, 11) is 0. The van der Waals surface area contributed by atoms with Crippen molar-refractivity contribution in [2.75, 3.05) is 19.8 Å². The maximum atomic E-state index is 9.95. The number of aliphatic hydroxyl groups excluding tert-OH is 4. The van der Waals surface area contributed by atoms with E-state index in [1.165, 1.54) is 0 Å². The zero-order chi connectivity index (χ0) is 13.0. The molecule has 1 saturated heterocycles. The van der Waals surface area contributed by atoms with E-state index >= 15 is 0 Å². The number of hydrogen-bond acceptors (Lipinski definition) is 5. The number of unbranched alkanes of at least 4 members (excludes halogenated alkanes) is 1. The van der Waals surface area contributed by atoms with E-state index in [1.807, 2.05) is 4.90 Å². The number of piperidine rings is 1. The molecular formula is C11H22INO4. The highest BCUT2D eigenvalue weighted by atomic mass is 127. The fraction of sp³-hybridized carbons (Fsp3) is 1.00. The quantitative estimate of drug-likeness (QED) is 0.387. The lowest BCUT2D eigenvalue weighted by molar-refractivity contribution is -0.112. The lowest BCUT2D eigenvalue weighted by Crippen LogP contribution is -2.66. The van der Waals surface area contributed by atoms with Crippen LogP contribution in [0.1, 0.15) is 19.8 Å². The molecule has 1 heterocycles. The summed E-state index contributed by atoms with van der Waals surface area (Å²) < 4.78 is -0.229. The molecule has 0 aliphatic carbocycles. The van der Waals surface area contributed by atoms with Crippen LogP contribution in [0.5, 0.6) is 0 Å². The predicted molar refractivity (Wildman–Crippen MR) is 73.2 cm³/mol. The predicted octanol–water partition coefficient (Wildman–Crippen LogP) is -0.651. The van der Waals surface area contributed by atoms with Gasteiger partial charge in [-0.2, -0.15) is 0 Å². The Morgan fingerprint density at radius 3 is 2.12 bits per heavy atom. The number of halogens is 1. The van der Waals surface area contributed by atoms with Gasteiger partial charge in [0.15, 0.2) is 0 Å². The molecule has 0 unspecified atom stereocenters. The van der Waals surface area contributed by atoms with Crippen molar-refractivity contribution < 1.29 is 20.4 Å². The standard InChI is InChI=1S/C11H22INO4/c1-2-3-4-13-7(5-14)9(12)11(17)10(16)8(13)6-15/h7-11,14-17H,2-6H2,1H3/t7-,8-,9+,10-,11-/m1/s1. The average Bonchev–Trinajstić information content (AvgIpc) is 2.34. The fourth-order valence-corrected chi connectivity index (χ4v) is 3.43. The molecule has 4 N–H and O–H groups in total. The molecular weight excluding hydrogens is 337 g/mol. The van der Waals surface area contributed by atoms with Crippen LogP contribution in [0.3, 0.4) is 0 Å². The van der Waals surface area contributed by atoms with Crippen LogP contribution in [0.4, 0.5) is 0 Å². The molecule has 6 heteroatoms. The maximum absolute atomic E-state index is 9.95. The normalized spacial score (nSPS) is 39.5. The van der Waals surface area contributed by atoms with Crippen molar-refractivity contribution in [3.05, 3.63) is 0 Å². The Morgan fingerprint density at radius 2 is 1.65 bits per heavy atom. The molecule has 0 aromatic heterocycles. The van der Waals surface area contributed by atoms with Crippen LogP contribution in [0.25, 0.3) is 0 Å². The highest BCUT2D eigenvalue weighted by Gasteiger charge is 2.46. The molecule has 0 aromatic rings. The van der Waals surface area contributed by atoms with Crippen LogP contribution in [0, 0.1) is 0 Å². The number of rotatable bonds is 5. The van der Waals surface area contributed by atoms with Gasteiger partial charge in [-0.15, -0.1) is 0 Å². The minimum atomic E-state index is -0.957. The molecule has 0 spiro atoms. The van der Waals surface area contributed by atoms with Gasteiger partial charge in [0, 0.05) is 6.04 Å². The second kappa shape index (κ2) is 7.20. The van der Waals surface area contributed by atoms with Crippen LogP contribution >= 0.6 is 22.6 Å². The SMILES string of the molecule is CCCCN1[C@H](CO)[C@@H](O)[C@H](O)[C@@H](I)[C@H]1CO. The van der Waals surface area contributed by atoms with Gasteiger partial charge in [0.1, 0.15) is 0 Å². The minimum Gasteiger partial charge on any atom is -0.395 e. The third-order valence-electron chi connectivity index (χ3n) is 3.43. The molecule has 102 valence electrons. The Bertz CT molecular complexity index is 214. The smallest absolute Gasteiger partial charge is 0.0987 e. The lowest BCUT2D eigenvalue weighted by Gasteiger charge is -2.48. The van der Waals surface area contributed by atoms with Gasteiger partial charge < -0.3 is 20.4 Å². The van der Waals surface area contributed by atoms with Crippen LogP contribution in [0.2, 0.25) is 0 Å². The largest absolute Gasteiger partial charge is 0.395 e. The number of likely N-dealkylation sites (tertiary alicyclic amines) is 1. The molecule has 5 atom stereocenters. The van der Waals surface area contributed by atoms with Gasteiger partial charge in [0.2, 0.25) is 0 Å². The van der Waals surface area contributed by atoms with E-state index in [4.69, 9.17) is 0 Å². The molecule has 0 radical (unpaired) electrons. The fourth-order valence-electron chi connectivity index (χ4n) is 2.36. The molecule has 0 bridgehead atoms. The van der Waals surface area contributed by atoms with E-state index in [9.17, 15) is 20.4 Å². The average molecular weight is 359 g/mol. The van der Waals surface area contributed by atoms with Crippen LogP contribution < -0.4 is 0 Å². The molecule has 5 nitrogen and oxygen atoms in total. The third kappa shape index (κ3) is 3.30. The van der Waals surface area contributed by atoms with E-state index < -0.39 is 18.2 Å². The Morgan fingerprint density at radius 1 is 1.06 bits per heavy atom. The first-order valence-electron chi connectivity index (χ1n) is 6.06. The van der Waals surface area contributed by atoms with Crippen molar-refractivity contribution in [2.45, 2.75) is 48.0 Å². The summed E-state index contributed by atoms with van der Waals surface area (Å²) in [5.74, 6) is 0. The van der Waals surface area contributed by atoms with E-state index in [2.05, 4.69) is 29.5 Å². The summed E-state index contributed by atoms with van der Waals surface area (Å²) >= 11 is 2.06. The molecule has 0 amide bonds. The van der Waals surface area contributed by atoms with Gasteiger partial charge in [-0.05, 0) is 13.0 Å². The van der Waals surface area contributed by atoms with Crippen molar-refractivity contribution in [3.63, 3.8) is 0 Å². The van der Waals surface area contributed by atoms with Crippen molar-refractivity contribution in [1.82, 2.24) is 4.90 Å². The molecule has 17 heavy (non-hydrogen) atoms. The first kappa shape index (κ1) is 15.6. The highest BCUT2D eigenvalue weighted by Crippen LogP contribution is 2.29. The second-order valence-electron chi connectivity index (χ2n) is 4.52. The topological polar surface area (TPSA) is 84.2 Å². The molecule has 1 aliphatic heterocycles. The first-order valence-corrected chi connectivity index (χ1v) is 7.30. The second-order valence-corrected chi connectivity index (χ2v) is 5.96. The monoisotopic (exact) mass is 359 g/mol. The number of nitrogens with zero attached hydrogens (tertiary/aromatic N) is 1. The number of alkyl halides is 1. The lowest BCUT2D eigenvalue weighted by atomic mass is 9.90. The Hall–Kier alpha value is 0.530. The zero-order valence-electron chi connectivity index (χ0n) is 10.0. The van der Waals surface area contributed by atoms with Crippen LogP contribution in [0.15, 0.2) is 0 Å². The van der Waals surface area contributed by atoms with Gasteiger partial charge in [-0.25, -0.2) is 0 Å². The summed E-state index contributed by atoms with van der Waals surface area (Å²) in [6.45, 7) is 2.51. The first-order chi connectivity index (χ1) is 8.08. The third-order valence-corrected chi connectivity index (χ3v) is 5.00. The van der Waals surface area contributed by atoms with Crippen LogP contribution in [-0.2, 0) is 0 Å². The number of aliphatic hydroxyl groups is 4. The zero-order valence-corrected chi connectivity index (χ0v) is 12.2. The van der Waals surface area contributed by atoms with E-state index in [-0.39, 0.29) is 23.2 Å². The Balaban J connectivity index is 2.84. The summed E-state index contributed by atoms with van der Waals surface area (Å²) in [5.41, 5.74) is 0. The molecule has 0 saturated carbocycles. The minimum absolute atomic E-state index is 0.0718. The van der Waals surface area contributed by atoms with Gasteiger partial charge >= 0.3 is 0 Å². The van der Waals surface area contributed by atoms with Gasteiger partial charge in [0.05, 0.1) is 35.4 Å². The summed E-state index contributed by atoms with van der Waals surface area (Å²) in [6.07, 6.45) is 0.0978. The van der Waals surface area contributed by atoms with E-state index in [0.29, 0.717) is 0 Å². The molecule has 1 rings (SSSR count). The Labute approximate surface area is 116 Å². The Kier molecular flexibility index (Phi) is 6.60. The van der Waals surface area contributed by atoms with Crippen molar-refractivity contribution in [2.24, 2.45) is 0 Å². The van der Waals surface area contributed by atoms with E-state index in [1.54, 1.807) is 0 Å². The summed E-state index contributed by atoms with van der Waals surface area (Å²) in [5, 5.41) is 38.6. The van der Waals surface area contributed by atoms with Gasteiger partial charge in [-0.3, -0.25) is 4.90 Å². The molecule has 1 fully saturated rings.